The maximum Gasteiger partial charge on any atom is 0.0191 e. The van der Waals surface area contributed by atoms with E-state index in [9.17, 15) is 0 Å². The first-order chi connectivity index (χ1) is 19.8. The Morgan fingerprint density at radius 3 is 0.750 bits per heavy atom. The van der Waals surface area contributed by atoms with Crippen molar-refractivity contribution in [3.63, 3.8) is 0 Å². The zero-order valence-corrected chi connectivity index (χ0v) is 25.8. The Kier molecular flexibility index (Phi) is 8.21. The first-order valence-corrected chi connectivity index (χ1v) is 18.5. The Morgan fingerprint density at radius 1 is 0.275 bits per heavy atom. The lowest BCUT2D eigenvalue weighted by Crippen LogP contribution is -1.99. The second kappa shape index (κ2) is 12.3. The van der Waals surface area contributed by atoms with Crippen LogP contribution in [0.15, 0.2) is 72.8 Å². The molecule has 0 spiro atoms. The van der Waals surface area contributed by atoms with E-state index in [1.807, 2.05) is 47.0 Å². The second-order valence-electron chi connectivity index (χ2n) is 10.8. The molecule has 0 N–H and O–H groups in total. The van der Waals surface area contributed by atoms with Crippen molar-refractivity contribution in [1.82, 2.24) is 0 Å². The minimum atomic E-state index is 1.06. The fraction of sp³-hybridized carbons (Fsp3) is 0.222. The van der Waals surface area contributed by atoms with Crippen molar-refractivity contribution in [1.29, 1.82) is 0 Å². The maximum atomic E-state index is 2.42. The van der Waals surface area contributed by atoms with Gasteiger partial charge in [0.25, 0.3) is 0 Å². The highest BCUT2D eigenvalue weighted by atomic mass is 32.2. The molecule has 0 saturated heterocycles. The summed E-state index contributed by atoms with van der Waals surface area (Å²) in [6, 6.07) is 28.4. The van der Waals surface area contributed by atoms with Crippen LogP contribution in [0.1, 0.15) is 66.8 Å². The van der Waals surface area contributed by atoms with Gasteiger partial charge in [-0.05, 0) is 66.8 Å². The third-order valence-electron chi connectivity index (χ3n) is 7.92. The van der Waals surface area contributed by atoms with Crippen LogP contribution >= 0.6 is 47.0 Å². The SMILES string of the molecule is C1=Cc2ccc3c(c2)CSCc2cc(ccc2CSC3)/C=C\c2ccc3c(c2)CSCc2cc1ccc2CSC3. The molecular weight excluding hydrogens is 561 g/mol. The highest BCUT2D eigenvalue weighted by molar-refractivity contribution is 7.98. The van der Waals surface area contributed by atoms with Gasteiger partial charge in [0.2, 0.25) is 0 Å². The average molecular weight is 593 g/mol. The minimum absolute atomic E-state index is 1.06. The highest BCUT2D eigenvalue weighted by Crippen LogP contribution is 2.34. The van der Waals surface area contributed by atoms with E-state index in [0.29, 0.717) is 0 Å². The van der Waals surface area contributed by atoms with Crippen molar-refractivity contribution >= 4 is 71.4 Å². The molecule has 0 amide bonds. The van der Waals surface area contributed by atoms with Gasteiger partial charge >= 0.3 is 0 Å². The molecule has 0 saturated carbocycles. The lowest BCUT2D eigenvalue weighted by Gasteiger charge is -2.17. The van der Waals surface area contributed by atoms with Gasteiger partial charge in [0.05, 0.1) is 0 Å². The Hall–Kier alpha value is -2.24. The molecule has 7 rings (SSSR count). The molecule has 8 bridgehead atoms. The van der Waals surface area contributed by atoms with Crippen LogP contribution < -0.4 is 0 Å². The monoisotopic (exact) mass is 592 g/mol. The topological polar surface area (TPSA) is 0 Å². The van der Waals surface area contributed by atoms with E-state index in [1.165, 1.54) is 66.8 Å². The quantitative estimate of drug-likeness (QED) is 0.199. The largest absolute Gasteiger partial charge is 0.152 e. The van der Waals surface area contributed by atoms with Crippen LogP contribution in [-0.2, 0) is 46.0 Å². The zero-order chi connectivity index (χ0) is 26.7. The van der Waals surface area contributed by atoms with Gasteiger partial charge in [0.1, 0.15) is 0 Å². The summed E-state index contributed by atoms with van der Waals surface area (Å²) in [4.78, 5) is 0. The predicted octanol–water partition coefficient (Wildman–Crippen LogP) is 10.7. The van der Waals surface area contributed by atoms with E-state index in [-0.39, 0.29) is 0 Å². The van der Waals surface area contributed by atoms with Crippen LogP contribution in [0.2, 0.25) is 0 Å². The lowest BCUT2D eigenvalue weighted by atomic mass is 10.0. The molecule has 3 aliphatic rings. The number of hydrogen-bond donors (Lipinski definition) is 0. The molecule has 4 aromatic rings. The summed E-state index contributed by atoms with van der Waals surface area (Å²) in [6.07, 6.45) is 9.22. The summed E-state index contributed by atoms with van der Waals surface area (Å²) >= 11 is 8.18. The summed E-state index contributed by atoms with van der Waals surface area (Å²) in [5.41, 5.74) is 17.1. The molecule has 3 heterocycles. The molecule has 0 aliphatic carbocycles. The van der Waals surface area contributed by atoms with Crippen molar-refractivity contribution in [3.8, 4) is 0 Å². The Morgan fingerprint density at radius 2 is 0.500 bits per heavy atom. The molecule has 0 radical (unpaired) electrons. The van der Waals surface area contributed by atoms with Crippen LogP contribution in [0, 0.1) is 0 Å². The fourth-order valence-electron chi connectivity index (χ4n) is 5.57. The van der Waals surface area contributed by atoms with Crippen molar-refractivity contribution in [2.24, 2.45) is 0 Å². The van der Waals surface area contributed by atoms with Gasteiger partial charge < -0.3 is 0 Å². The number of benzene rings is 4. The zero-order valence-electron chi connectivity index (χ0n) is 22.5. The molecular formula is C36H32S4. The normalized spacial score (nSPS) is 17.4. The van der Waals surface area contributed by atoms with E-state index in [0.717, 1.165) is 46.0 Å². The first kappa shape index (κ1) is 26.6. The summed E-state index contributed by atoms with van der Waals surface area (Å²) < 4.78 is 0. The maximum absolute atomic E-state index is 2.42. The molecule has 0 atom stereocenters. The summed E-state index contributed by atoms with van der Waals surface area (Å²) in [5, 5.41) is 0. The molecule has 0 aromatic heterocycles. The fourth-order valence-corrected chi connectivity index (χ4v) is 9.94. The van der Waals surface area contributed by atoms with Crippen LogP contribution in [0.4, 0.5) is 0 Å². The number of hydrogen-bond acceptors (Lipinski definition) is 4. The van der Waals surface area contributed by atoms with Gasteiger partial charge in [-0.15, -0.1) is 0 Å². The van der Waals surface area contributed by atoms with Crippen molar-refractivity contribution in [3.05, 3.63) is 140 Å². The van der Waals surface area contributed by atoms with Gasteiger partial charge in [-0.1, -0.05) is 97.1 Å². The standard InChI is InChI=1S/C36H32S4/c1-2-26-6-10-30-18-38-20-32-12-8-28(16-36(32)24-40-22-34(30)14-26)4-3-27-7-11-31-19-37-17-29-9-5-25(1)13-33(29)21-39-23-35(31)15-27/h1-16H,17-24H2/b2-1-,4-3?. The van der Waals surface area contributed by atoms with Gasteiger partial charge in [-0.2, -0.15) is 47.0 Å². The smallest absolute Gasteiger partial charge is 0.0191 e. The molecule has 4 aromatic carbocycles. The predicted molar refractivity (Wildman–Crippen MR) is 184 cm³/mol. The Balaban J connectivity index is 1.30. The molecule has 3 aliphatic heterocycles. The Bertz CT molecular complexity index is 1380. The minimum Gasteiger partial charge on any atom is -0.152 e. The number of thioether (sulfide) groups is 4. The van der Waals surface area contributed by atoms with Crippen molar-refractivity contribution in [2.45, 2.75) is 46.0 Å². The molecule has 0 nitrogen and oxygen atoms in total. The average Bonchev–Trinajstić information content (AvgIpc) is 2.98. The van der Waals surface area contributed by atoms with E-state index in [2.05, 4.69) is 97.1 Å². The highest BCUT2D eigenvalue weighted by Gasteiger charge is 2.13. The number of fused-ring (bicyclic) bond motifs is 8. The molecule has 0 unspecified atom stereocenters. The molecule has 200 valence electrons. The van der Waals surface area contributed by atoms with Crippen LogP contribution in [0.5, 0.6) is 0 Å². The van der Waals surface area contributed by atoms with Gasteiger partial charge in [-0.25, -0.2) is 0 Å². The molecule has 40 heavy (non-hydrogen) atoms. The van der Waals surface area contributed by atoms with E-state index in [4.69, 9.17) is 0 Å². The van der Waals surface area contributed by atoms with E-state index >= 15 is 0 Å². The summed E-state index contributed by atoms with van der Waals surface area (Å²) in [5.74, 6) is 8.50. The second-order valence-corrected chi connectivity index (χ2v) is 14.7. The van der Waals surface area contributed by atoms with Crippen LogP contribution in [0.25, 0.3) is 24.3 Å². The summed E-state index contributed by atoms with van der Waals surface area (Å²) in [7, 11) is 0. The lowest BCUT2D eigenvalue weighted by molar-refractivity contribution is 1.22. The van der Waals surface area contributed by atoms with Crippen LogP contribution in [0.3, 0.4) is 0 Å². The molecule has 4 heteroatoms. The van der Waals surface area contributed by atoms with E-state index in [1.54, 1.807) is 0 Å². The van der Waals surface area contributed by atoms with E-state index < -0.39 is 0 Å². The van der Waals surface area contributed by atoms with Gasteiger partial charge in [0, 0.05) is 46.0 Å². The van der Waals surface area contributed by atoms with Crippen molar-refractivity contribution in [2.75, 3.05) is 0 Å². The van der Waals surface area contributed by atoms with Crippen LogP contribution in [-0.4, -0.2) is 0 Å². The van der Waals surface area contributed by atoms with Gasteiger partial charge in [0.15, 0.2) is 0 Å². The third-order valence-corrected chi connectivity index (χ3v) is 12.0. The Labute approximate surface area is 255 Å². The number of rotatable bonds is 0. The summed E-state index contributed by atoms with van der Waals surface area (Å²) in [6.45, 7) is 0. The first-order valence-electron chi connectivity index (χ1n) is 13.9. The molecule has 0 fully saturated rings. The third kappa shape index (κ3) is 6.16. The van der Waals surface area contributed by atoms with Gasteiger partial charge in [-0.3, -0.25) is 0 Å². The van der Waals surface area contributed by atoms with Crippen molar-refractivity contribution < 1.29 is 0 Å².